The summed E-state index contributed by atoms with van der Waals surface area (Å²) in [5.41, 5.74) is 5.38. The minimum atomic E-state index is 0.792. The number of rotatable bonds is 3. The molecule has 2 heteroatoms. The number of aromatic nitrogens is 1. The van der Waals surface area contributed by atoms with Gasteiger partial charge in [0.15, 0.2) is 6.29 Å². The van der Waals surface area contributed by atoms with Crippen LogP contribution in [0.5, 0.6) is 0 Å². The Balaban J connectivity index is 2.20. The number of fused-ring (bicyclic) bond motifs is 1. The molecule has 0 unspecified atom stereocenters. The van der Waals surface area contributed by atoms with E-state index in [2.05, 4.69) is 41.8 Å². The quantitative estimate of drug-likeness (QED) is 0.651. The van der Waals surface area contributed by atoms with Crippen molar-refractivity contribution in [1.29, 1.82) is 0 Å². The number of hydrogen-bond acceptors (Lipinski definition) is 1. The maximum Gasteiger partial charge on any atom is 0.152 e. The van der Waals surface area contributed by atoms with Crippen molar-refractivity contribution in [2.45, 2.75) is 20.4 Å². The van der Waals surface area contributed by atoms with Crippen molar-refractivity contribution in [3.05, 3.63) is 70.9 Å². The molecule has 1 aromatic heterocycles. The number of aryl methyl sites for hydroxylation is 1. The van der Waals surface area contributed by atoms with Gasteiger partial charge < -0.3 is 4.57 Å². The maximum absolute atomic E-state index is 11.4. The van der Waals surface area contributed by atoms with E-state index in [1.807, 2.05) is 25.1 Å². The molecule has 3 aromatic rings. The zero-order valence-electron chi connectivity index (χ0n) is 11.8. The molecule has 0 amide bonds. The van der Waals surface area contributed by atoms with Gasteiger partial charge in [0.25, 0.3) is 0 Å². The number of aldehydes is 1. The highest BCUT2D eigenvalue weighted by Crippen LogP contribution is 2.26. The fraction of sp³-hybridized carbons (Fsp3) is 0.167. The third kappa shape index (κ3) is 2.03. The smallest absolute Gasteiger partial charge is 0.152 e. The first-order chi connectivity index (χ1) is 9.70. The highest BCUT2D eigenvalue weighted by molar-refractivity contribution is 5.99. The maximum atomic E-state index is 11.4. The zero-order valence-corrected chi connectivity index (χ0v) is 11.8. The molecule has 100 valence electrons. The Kier molecular flexibility index (Phi) is 3.15. The Morgan fingerprint density at radius 1 is 1.05 bits per heavy atom. The number of carbonyl (C=O) groups excluding carboxylic acids is 1. The molecule has 2 aromatic carbocycles. The van der Waals surface area contributed by atoms with E-state index in [0.29, 0.717) is 0 Å². The van der Waals surface area contributed by atoms with E-state index < -0.39 is 0 Å². The number of benzene rings is 2. The summed E-state index contributed by atoms with van der Waals surface area (Å²) < 4.78 is 2.22. The molecule has 1 heterocycles. The van der Waals surface area contributed by atoms with Crippen molar-refractivity contribution < 1.29 is 4.79 Å². The van der Waals surface area contributed by atoms with E-state index in [9.17, 15) is 4.79 Å². The highest BCUT2D eigenvalue weighted by Gasteiger charge is 2.13. The minimum absolute atomic E-state index is 0.792. The molecule has 0 aliphatic carbocycles. The SMILES string of the molecule is Cc1ccc2c(c1)c(C=O)c(C)n2Cc1ccccc1. The van der Waals surface area contributed by atoms with Crippen molar-refractivity contribution in [3.8, 4) is 0 Å². The third-order valence-corrected chi connectivity index (χ3v) is 3.83. The number of nitrogens with zero attached hydrogens (tertiary/aromatic N) is 1. The predicted molar refractivity (Wildman–Crippen MR) is 82.3 cm³/mol. The highest BCUT2D eigenvalue weighted by atomic mass is 16.1. The van der Waals surface area contributed by atoms with Gasteiger partial charge >= 0.3 is 0 Å². The topological polar surface area (TPSA) is 22.0 Å². The molecule has 20 heavy (non-hydrogen) atoms. The van der Waals surface area contributed by atoms with Crippen LogP contribution >= 0.6 is 0 Å². The fourth-order valence-corrected chi connectivity index (χ4v) is 2.74. The van der Waals surface area contributed by atoms with Crippen LogP contribution in [0.25, 0.3) is 10.9 Å². The van der Waals surface area contributed by atoms with Crippen LogP contribution in [0.4, 0.5) is 0 Å². The molecule has 0 saturated heterocycles. The molecule has 0 N–H and O–H groups in total. The van der Waals surface area contributed by atoms with Gasteiger partial charge in [0.1, 0.15) is 0 Å². The lowest BCUT2D eigenvalue weighted by atomic mass is 10.1. The van der Waals surface area contributed by atoms with Crippen LogP contribution in [-0.4, -0.2) is 10.9 Å². The van der Waals surface area contributed by atoms with E-state index >= 15 is 0 Å². The van der Waals surface area contributed by atoms with Crippen LogP contribution in [-0.2, 0) is 6.54 Å². The predicted octanol–water partition coefficient (Wildman–Crippen LogP) is 4.12. The third-order valence-electron chi connectivity index (χ3n) is 3.83. The van der Waals surface area contributed by atoms with Gasteiger partial charge in [0.05, 0.1) is 0 Å². The van der Waals surface area contributed by atoms with Crippen molar-refractivity contribution >= 4 is 17.2 Å². The summed E-state index contributed by atoms with van der Waals surface area (Å²) in [5.74, 6) is 0. The first-order valence-corrected chi connectivity index (χ1v) is 6.79. The van der Waals surface area contributed by atoms with Crippen LogP contribution < -0.4 is 0 Å². The molecule has 0 saturated carbocycles. The van der Waals surface area contributed by atoms with Crippen LogP contribution in [0.15, 0.2) is 48.5 Å². The lowest BCUT2D eigenvalue weighted by Gasteiger charge is -2.08. The molecule has 0 atom stereocenters. The van der Waals surface area contributed by atoms with Gasteiger partial charge in [-0.3, -0.25) is 4.79 Å². The van der Waals surface area contributed by atoms with E-state index in [0.717, 1.165) is 35.0 Å². The van der Waals surface area contributed by atoms with Crippen LogP contribution in [0.1, 0.15) is 27.2 Å². The first-order valence-electron chi connectivity index (χ1n) is 6.79. The van der Waals surface area contributed by atoms with Gasteiger partial charge in [-0.15, -0.1) is 0 Å². The van der Waals surface area contributed by atoms with E-state index in [4.69, 9.17) is 0 Å². The zero-order chi connectivity index (χ0) is 14.1. The average molecular weight is 263 g/mol. The molecule has 3 rings (SSSR count). The standard InChI is InChI=1S/C18H17NO/c1-13-8-9-18-16(10-13)17(12-20)14(2)19(18)11-15-6-4-3-5-7-15/h3-10,12H,11H2,1-2H3. The van der Waals surface area contributed by atoms with Crippen LogP contribution in [0.3, 0.4) is 0 Å². The second-order valence-electron chi connectivity index (χ2n) is 5.21. The summed E-state index contributed by atoms with van der Waals surface area (Å²) >= 11 is 0. The molecule has 0 spiro atoms. The van der Waals surface area contributed by atoms with Crippen molar-refractivity contribution in [1.82, 2.24) is 4.57 Å². The fourth-order valence-electron chi connectivity index (χ4n) is 2.74. The van der Waals surface area contributed by atoms with E-state index in [1.165, 1.54) is 11.1 Å². The largest absolute Gasteiger partial charge is 0.340 e. The molecular weight excluding hydrogens is 246 g/mol. The molecule has 0 fully saturated rings. The second-order valence-corrected chi connectivity index (χ2v) is 5.21. The Bertz CT molecular complexity index is 769. The molecule has 0 aliphatic rings. The normalized spacial score (nSPS) is 10.9. The number of hydrogen-bond donors (Lipinski definition) is 0. The lowest BCUT2D eigenvalue weighted by molar-refractivity contribution is 0.112. The summed E-state index contributed by atoms with van der Waals surface area (Å²) in [6.45, 7) is 4.86. The molecule has 2 nitrogen and oxygen atoms in total. The summed E-state index contributed by atoms with van der Waals surface area (Å²) in [6, 6.07) is 16.6. The lowest BCUT2D eigenvalue weighted by Crippen LogP contribution is -2.02. The van der Waals surface area contributed by atoms with E-state index in [1.54, 1.807) is 0 Å². The summed E-state index contributed by atoms with van der Waals surface area (Å²) in [6.07, 6.45) is 0.971. The molecular formula is C18H17NO. The summed E-state index contributed by atoms with van der Waals surface area (Å²) in [4.78, 5) is 11.4. The average Bonchev–Trinajstić information content (AvgIpc) is 2.71. The Labute approximate surface area is 118 Å². The number of carbonyl (C=O) groups is 1. The van der Waals surface area contributed by atoms with E-state index in [-0.39, 0.29) is 0 Å². The molecule has 0 radical (unpaired) electrons. The first kappa shape index (κ1) is 12.7. The van der Waals surface area contributed by atoms with Crippen molar-refractivity contribution in [3.63, 3.8) is 0 Å². The Morgan fingerprint density at radius 2 is 1.80 bits per heavy atom. The van der Waals surface area contributed by atoms with Gasteiger partial charge in [-0.25, -0.2) is 0 Å². The van der Waals surface area contributed by atoms with Crippen LogP contribution in [0.2, 0.25) is 0 Å². The van der Waals surface area contributed by atoms with Gasteiger partial charge in [-0.05, 0) is 31.5 Å². The van der Waals surface area contributed by atoms with Gasteiger partial charge in [-0.1, -0.05) is 42.0 Å². The summed E-state index contributed by atoms with van der Waals surface area (Å²) in [7, 11) is 0. The van der Waals surface area contributed by atoms with Gasteiger partial charge in [-0.2, -0.15) is 0 Å². The Morgan fingerprint density at radius 3 is 2.50 bits per heavy atom. The minimum Gasteiger partial charge on any atom is -0.340 e. The van der Waals surface area contributed by atoms with Crippen LogP contribution in [0, 0.1) is 13.8 Å². The molecule has 0 bridgehead atoms. The van der Waals surface area contributed by atoms with Gasteiger partial charge in [0, 0.05) is 28.7 Å². The second kappa shape index (κ2) is 4.97. The van der Waals surface area contributed by atoms with Gasteiger partial charge in [0.2, 0.25) is 0 Å². The Hall–Kier alpha value is -2.35. The molecule has 0 aliphatic heterocycles. The monoisotopic (exact) mass is 263 g/mol. The van der Waals surface area contributed by atoms with Crippen molar-refractivity contribution in [2.75, 3.05) is 0 Å². The summed E-state index contributed by atoms with van der Waals surface area (Å²) in [5, 5.41) is 1.05. The van der Waals surface area contributed by atoms with Crippen molar-refractivity contribution in [2.24, 2.45) is 0 Å².